The summed E-state index contributed by atoms with van der Waals surface area (Å²) in [6.07, 6.45) is -3.48. The van der Waals surface area contributed by atoms with Crippen molar-refractivity contribution in [3.05, 3.63) is 93.8 Å². The Morgan fingerprint density at radius 1 is 1.05 bits per heavy atom. The van der Waals surface area contributed by atoms with Crippen LogP contribution in [0.2, 0.25) is 0 Å². The van der Waals surface area contributed by atoms with E-state index in [0.717, 1.165) is 6.07 Å². The van der Waals surface area contributed by atoms with Crippen LogP contribution in [0.15, 0.2) is 42.6 Å². The highest BCUT2D eigenvalue weighted by Crippen LogP contribution is 2.46. The van der Waals surface area contributed by atoms with Gasteiger partial charge < -0.3 is 18.6 Å². The van der Waals surface area contributed by atoms with E-state index in [0.29, 0.717) is 23.5 Å². The van der Waals surface area contributed by atoms with E-state index in [2.05, 4.69) is 4.98 Å². The zero-order chi connectivity index (χ0) is 30.2. The summed E-state index contributed by atoms with van der Waals surface area (Å²) in [5.41, 5.74) is -1.79. The van der Waals surface area contributed by atoms with Gasteiger partial charge in [0.05, 0.1) is 27.9 Å². The second-order valence-corrected chi connectivity index (χ2v) is 10.00. The van der Waals surface area contributed by atoms with E-state index in [1.807, 2.05) is 0 Å². The molecule has 42 heavy (non-hydrogen) atoms. The number of carbonyl (C=O) groups is 2. The van der Waals surface area contributed by atoms with Crippen molar-refractivity contribution >= 4 is 28.2 Å². The molecule has 13 heteroatoms. The minimum Gasteiger partial charge on any atom is -0.377 e. The zero-order valence-electron chi connectivity index (χ0n) is 22.2. The van der Waals surface area contributed by atoms with Crippen LogP contribution in [0.1, 0.15) is 43.4 Å². The molecule has 0 aliphatic carbocycles. The lowest BCUT2D eigenvalue weighted by molar-refractivity contribution is -0.137. The van der Waals surface area contributed by atoms with Crippen molar-refractivity contribution in [2.24, 2.45) is 7.05 Å². The van der Waals surface area contributed by atoms with Crippen molar-refractivity contribution in [3.63, 3.8) is 0 Å². The summed E-state index contributed by atoms with van der Waals surface area (Å²) in [4.78, 5) is 33.0. The molecule has 5 aromatic rings. The topological polar surface area (TPSA) is 68.8 Å². The average molecular weight is 586 g/mol. The summed E-state index contributed by atoms with van der Waals surface area (Å²) >= 11 is 0. The Hall–Kier alpha value is -4.65. The number of aromatic nitrogens is 3. The Kier molecular flexibility index (Phi) is 6.19. The highest BCUT2D eigenvalue weighted by atomic mass is 19.4. The van der Waals surface area contributed by atoms with Crippen molar-refractivity contribution < 1.29 is 40.7 Å². The molecule has 1 aliphatic rings. The van der Waals surface area contributed by atoms with E-state index in [1.165, 1.54) is 59.5 Å². The van der Waals surface area contributed by atoms with Gasteiger partial charge in [0.1, 0.15) is 17.9 Å². The largest absolute Gasteiger partial charge is 0.417 e. The van der Waals surface area contributed by atoms with Crippen LogP contribution in [-0.2, 0) is 31.1 Å². The van der Waals surface area contributed by atoms with Crippen molar-refractivity contribution in [2.45, 2.75) is 19.3 Å². The quantitative estimate of drug-likeness (QED) is 0.150. The van der Waals surface area contributed by atoms with Crippen molar-refractivity contribution in [2.75, 3.05) is 14.2 Å². The third-order valence-corrected chi connectivity index (χ3v) is 7.43. The first kappa shape index (κ1) is 27.5. The van der Waals surface area contributed by atoms with E-state index >= 15 is 0 Å². The molecule has 216 valence electrons. The molecular formula is C29H20F6N4O3. The summed E-state index contributed by atoms with van der Waals surface area (Å²) in [5, 5.41) is 0. The maximum Gasteiger partial charge on any atom is 0.417 e. The lowest BCUT2D eigenvalue weighted by Crippen LogP contribution is -2.29. The molecule has 4 heterocycles. The molecule has 1 aliphatic heterocycles. The molecule has 3 aromatic heterocycles. The molecule has 0 atom stereocenters. The smallest absolute Gasteiger partial charge is 0.377 e. The zero-order valence-corrected chi connectivity index (χ0v) is 22.2. The number of nitrogens with zero attached hydrogens (tertiary/aromatic N) is 4. The number of imidazole rings is 1. The number of carbonyl (C=O) groups excluding carboxylic acids is 2. The van der Waals surface area contributed by atoms with Gasteiger partial charge in [0.25, 0.3) is 5.91 Å². The van der Waals surface area contributed by atoms with E-state index < -0.39 is 52.0 Å². The fraction of sp³-hybridized carbons (Fsp3) is 0.207. The van der Waals surface area contributed by atoms with Gasteiger partial charge in [-0.25, -0.2) is 18.2 Å². The fourth-order valence-corrected chi connectivity index (χ4v) is 5.53. The molecule has 0 bridgehead atoms. The van der Waals surface area contributed by atoms with Gasteiger partial charge in [-0.1, -0.05) is 6.07 Å². The molecule has 0 saturated carbocycles. The predicted molar refractivity (Wildman–Crippen MR) is 138 cm³/mol. The van der Waals surface area contributed by atoms with Crippen molar-refractivity contribution in [1.82, 2.24) is 18.9 Å². The molecule has 2 aromatic carbocycles. The number of fused-ring (bicyclic) bond motifs is 4. The lowest BCUT2D eigenvalue weighted by atomic mass is 9.89. The summed E-state index contributed by atoms with van der Waals surface area (Å²) in [6.45, 7) is -0.131. The molecule has 0 radical (unpaired) electrons. The van der Waals surface area contributed by atoms with Crippen LogP contribution >= 0.6 is 0 Å². The minimum atomic E-state index is -4.90. The first-order valence-electron chi connectivity index (χ1n) is 12.5. The van der Waals surface area contributed by atoms with E-state index in [-0.39, 0.29) is 46.5 Å². The molecule has 1 amide bonds. The second-order valence-electron chi connectivity index (χ2n) is 10.00. The van der Waals surface area contributed by atoms with Crippen LogP contribution in [0.4, 0.5) is 26.3 Å². The number of ether oxygens (including phenoxy) is 1. The Balaban J connectivity index is 1.71. The van der Waals surface area contributed by atoms with E-state index in [1.54, 1.807) is 0 Å². The highest BCUT2D eigenvalue weighted by molar-refractivity contribution is 6.15. The normalized spacial score (nSPS) is 13.5. The van der Waals surface area contributed by atoms with Crippen LogP contribution in [-0.4, -0.2) is 44.7 Å². The highest BCUT2D eigenvalue weighted by Gasteiger charge is 2.40. The van der Waals surface area contributed by atoms with Crippen molar-refractivity contribution in [1.29, 1.82) is 0 Å². The number of methoxy groups -OCH3 is 1. The second kappa shape index (κ2) is 9.44. The Bertz CT molecular complexity index is 1950. The molecule has 0 fully saturated rings. The molecule has 6 rings (SSSR count). The summed E-state index contributed by atoms with van der Waals surface area (Å²) in [6, 6.07) is 6.17. The summed E-state index contributed by atoms with van der Waals surface area (Å²) in [5.74, 6) is -6.21. The van der Waals surface area contributed by atoms with E-state index in [9.17, 15) is 35.9 Å². The van der Waals surface area contributed by atoms with Crippen LogP contribution in [0.3, 0.4) is 0 Å². The number of amides is 1. The van der Waals surface area contributed by atoms with E-state index in [4.69, 9.17) is 4.74 Å². The number of hydrogen-bond acceptors (Lipinski definition) is 4. The van der Waals surface area contributed by atoms with Crippen LogP contribution in [0.25, 0.3) is 27.7 Å². The molecule has 0 saturated heterocycles. The maximum absolute atomic E-state index is 14.7. The Labute approximate surface area is 233 Å². The first-order chi connectivity index (χ1) is 19.8. The van der Waals surface area contributed by atoms with Gasteiger partial charge in [0.2, 0.25) is 5.78 Å². The van der Waals surface area contributed by atoms with Gasteiger partial charge in [-0.05, 0) is 35.9 Å². The minimum absolute atomic E-state index is 0.00707. The number of ketones is 1. The van der Waals surface area contributed by atoms with Gasteiger partial charge >= 0.3 is 6.18 Å². The van der Waals surface area contributed by atoms with Crippen LogP contribution in [0.5, 0.6) is 0 Å². The van der Waals surface area contributed by atoms with Gasteiger partial charge in [-0.3, -0.25) is 9.59 Å². The number of aryl methyl sites for hydroxylation is 1. The SMILES string of the molecule is COCc1nc2c3c(c(C(F)(F)F)cc2n1C)-c1cccn2c(C(=O)c4cc(F)c(F)c(F)c4)cc(c12)CN(C)C3=O. The number of halogens is 6. The Morgan fingerprint density at radius 2 is 1.74 bits per heavy atom. The van der Waals surface area contributed by atoms with Gasteiger partial charge in [-0.2, -0.15) is 13.2 Å². The maximum atomic E-state index is 14.7. The van der Waals surface area contributed by atoms with Crippen LogP contribution < -0.4 is 0 Å². The monoisotopic (exact) mass is 586 g/mol. The molecule has 7 nitrogen and oxygen atoms in total. The van der Waals surface area contributed by atoms with Gasteiger partial charge in [0.15, 0.2) is 17.5 Å². The number of benzene rings is 2. The molecule has 0 N–H and O–H groups in total. The van der Waals surface area contributed by atoms with Crippen LogP contribution in [0, 0.1) is 17.5 Å². The lowest BCUT2D eigenvalue weighted by Gasteiger charge is -2.25. The standard InChI is InChI=1S/C29H20F6N4O3/c1-37-11-14-9-20(27(40)13-7-17(30)24(32)18(31)8-13)39-6-4-5-15(26(14)39)22-16(29(33,34)35)10-19-25(23(22)28(37)41)36-21(12-42-3)38(19)2/h4-10H,11-12H2,1-3H3. The van der Waals surface area contributed by atoms with Gasteiger partial charge in [-0.15, -0.1) is 0 Å². The summed E-state index contributed by atoms with van der Waals surface area (Å²) < 4.78 is 93.6. The predicted octanol–water partition coefficient (Wildman–Crippen LogP) is 5.89. The summed E-state index contributed by atoms with van der Waals surface area (Å²) in [7, 11) is 4.34. The third-order valence-electron chi connectivity index (χ3n) is 7.43. The third kappa shape index (κ3) is 3.98. The molecule has 0 unspecified atom stereocenters. The number of pyridine rings is 1. The average Bonchev–Trinajstić information content (AvgIpc) is 3.46. The number of alkyl halides is 3. The first-order valence-corrected chi connectivity index (χ1v) is 12.5. The fourth-order valence-electron chi connectivity index (χ4n) is 5.53. The molecule has 0 spiro atoms. The Morgan fingerprint density at radius 3 is 2.38 bits per heavy atom. The number of hydrogen-bond donors (Lipinski definition) is 0. The molecular weight excluding hydrogens is 566 g/mol. The number of rotatable bonds is 4. The van der Waals surface area contributed by atoms with Gasteiger partial charge in [0, 0.05) is 50.6 Å². The van der Waals surface area contributed by atoms with Crippen molar-refractivity contribution in [3.8, 4) is 11.1 Å².